The number of rotatable bonds is 6. The largest absolute Gasteiger partial charge is 0.352 e. The minimum atomic E-state index is -0.000781. The van der Waals surface area contributed by atoms with Crippen molar-refractivity contribution >= 4 is 16.9 Å². The van der Waals surface area contributed by atoms with E-state index in [0.29, 0.717) is 11.8 Å². The first-order valence-electron chi connectivity index (χ1n) is 8.59. The Morgan fingerprint density at radius 2 is 2.17 bits per heavy atom. The van der Waals surface area contributed by atoms with Crippen molar-refractivity contribution in [2.45, 2.75) is 52.4 Å². The van der Waals surface area contributed by atoms with Crippen LogP contribution in [0.15, 0.2) is 6.07 Å². The number of aryl methyl sites for hydroxylation is 2. The van der Waals surface area contributed by atoms with Gasteiger partial charge >= 0.3 is 0 Å². The summed E-state index contributed by atoms with van der Waals surface area (Å²) in [6.45, 7) is 7.07. The van der Waals surface area contributed by atoms with Gasteiger partial charge in [-0.3, -0.25) is 9.48 Å². The molecule has 0 aromatic carbocycles. The van der Waals surface area contributed by atoms with E-state index in [0.717, 1.165) is 47.4 Å². The molecule has 2 aromatic rings. The minimum Gasteiger partial charge on any atom is -0.352 e. The normalized spacial score (nSPS) is 14.7. The van der Waals surface area contributed by atoms with Crippen molar-refractivity contribution in [1.29, 1.82) is 0 Å². The van der Waals surface area contributed by atoms with Gasteiger partial charge in [-0.15, -0.1) is 0 Å². The van der Waals surface area contributed by atoms with Gasteiger partial charge in [0.1, 0.15) is 0 Å². The molecular formula is C18H26N4O. The van der Waals surface area contributed by atoms with Gasteiger partial charge in [0, 0.05) is 25.2 Å². The predicted molar refractivity (Wildman–Crippen MR) is 91.6 cm³/mol. The predicted octanol–water partition coefficient (Wildman–Crippen LogP) is 3.32. The molecule has 0 bridgehead atoms. The van der Waals surface area contributed by atoms with Gasteiger partial charge in [-0.1, -0.05) is 13.8 Å². The molecule has 1 aliphatic rings. The Kier molecular flexibility index (Phi) is 4.37. The maximum Gasteiger partial charge on any atom is 0.252 e. The lowest BCUT2D eigenvalue weighted by Gasteiger charge is -2.09. The molecule has 1 fully saturated rings. The summed E-state index contributed by atoms with van der Waals surface area (Å²) in [4.78, 5) is 17.4. The number of nitrogens with one attached hydrogen (secondary N) is 1. The van der Waals surface area contributed by atoms with E-state index >= 15 is 0 Å². The Labute approximate surface area is 137 Å². The zero-order valence-electron chi connectivity index (χ0n) is 14.5. The highest BCUT2D eigenvalue weighted by molar-refractivity contribution is 6.06. The van der Waals surface area contributed by atoms with Crippen LogP contribution in [0.3, 0.4) is 0 Å². The van der Waals surface area contributed by atoms with Crippen LogP contribution in [0, 0.1) is 12.8 Å². The summed E-state index contributed by atoms with van der Waals surface area (Å²) in [6.07, 6.45) is 4.49. The van der Waals surface area contributed by atoms with E-state index < -0.39 is 0 Å². The first-order valence-corrected chi connectivity index (χ1v) is 8.59. The first kappa shape index (κ1) is 16.0. The summed E-state index contributed by atoms with van der Waals surface area (Å²) >= 11 is 0. The second-order valence-corrected chi connectivity index (χ2v) is 7.07. The van der Waals surface area contributed by atoms with E-state index in [9.17, 15) is 4.79 Å². The van der Waals surface area contributed by atoms with Crippen LogP contribution in [0.25, 0.3) is 11.0 Å². The summed E-state index contributed by atoms with van der Waals surface area (Å²) in [5, 5.41) is 8.40. The van der Waals surface area contributed by atoms with E-state index in [-0.39, 0.29) is 5.91 Å². The van der Waals surface area contributed by atoms with Crippen molar-refractivity contribution in [3.05, 3.63) is 23.0 Å². The molecule has 0 radical (unpaired) electrons. The lowest BCUT2D eigenvalue weighted by Crippen LogP contribution is -2.25. The molecule has 0 atom stereocenters. The molecule has 0 spiro atoms. The number of carbonyl (C=O) groups excluding carboxylic acids is 1. The lowest BCUT2D eigenvalue weighted by atomic mass is 10.1. The molecule has 1 amide bonds. The Balaban J connectivity index is 1.87. The lowest BCUT2D eigenvalue weighted by molar-refractivity contribution is 0.0954. The molecule has 2 aromatic heterocycles. The number of pyridine rings is 1. The molecule has 1 N–H and O–H groups in total. The number of fused-ring (bicyclic) bond motifs is 1. The molecule has 0 unspecified atom stereocenters. The van der Waals surface area contributed by atoms with Crippen LogP contribution in [0.4, 0.5) is 0 Å². The molecule has 2 heterocycles. The Hall–Kier alpha value is -1.91. The fourth-order valence-corrected chi connectivity index (χ4v) is 3.04. The molecule has 3 rings (SSSR count). The molecule has 0 saturated heterocycles. The van der Waals surface area contributed by atoms with E-state index in [4.69, 9.17) is 4.98 Å². The van der Waals surface area contributed by atoms with Crippen LogP contribution in [-0.2, 0) is 7.05 Å². The first-order chi connectivity index (χ1) is 11.0. The van der Waals surface area contributed by atoms with Crippen LogP contribution in [0.2, 0.25) is 0 Å². The highest BCUT2D eigenvalue weighted by Gasteiger charge is 2.28. The summed E-state index contributed by atoms with van der Waals surface area (Å²) in [7, 11) is 1.89. The van der Waals surface area contributed by atoms with Gasteiger partial charge < -0.3 is 5.32 Å². The maximum absolute atomic E-state index is 12.7. The van der Waals surface area contributed by atoms with Crippen LogP contribution in [0.5, 0.6) is 0 Å². The highest BCUT2D eigenvalue weighted by atomic mass is 16.1. The number of hydrogen-bond acceptors (Lipinski definition) is 3. The standard InChI is InChI=1S/C18H26N4O/c1-11(2)6-5-9-19-18(23)14-10-15(13-7-8-13)20-17-16(14)12(3)21-22(17)4/h10-11,13H,5-9H2,1-4H3,(H,19,23). The Morgan fingerprint density at radius 3 is 2.83 bits per heavy atom. The summed E-state index contributed by atoms with van der Waals surface area (Å²) in [6, 6.07) is 1.98. The number of carbonyl (C=O) groups is 1. The molecule has 0 aliphatic heterocycles. The van der Waals surface area contributed by atoms with Crippen LogP contribution in [0.1, 0.15) is 67.2 Å². The zero-order valence-corrected chi connectivity index (χ0v) is 14.5. The second kappa shape index (κ2) is 6.30. The second-order valence-electron chi connectivity index (χ2n) is 7.07. The third kappa shape index (κ3) is 3.38. The van der Waals surface area contributed by atoms with Crippen LogP contribution in [-0.4, -0.2) is 27.2 Å². The zero-order chi connectivity index (χ0) is 16.6. The molecule has 1 saturated carbocycles. The number of amides is 1. The van der Waals surface area contributed by atoms with Crippen molar-refractivity contribution in [3.63, 3.8) is 0 Å². The molecular weight excluding hydrogens is 288 g/mol. The van der Waals surface area contributed by atoms with Gasteiger partial charge in [-0.2, -0.15) is 5.10 Å². The number of aromatic nitrogens is 3. The Bertz CT molecular complexity index is 728. The average molecular weight is 314 g/mol. The van der Waals surface area contributed by atoms with Crippen LogP contribution < -0.4 is 5.32 Å². The van der Waals surface area contributed by atoms with Crippen molar-refractivity contribution in [1.82, 2.24) is 20.1 Å². The molecule has 124 valence electrons. The SMILES string of the molecule is Cc1nn(C)c2nc(C3CC3)cc(C(=O)NCCCC(C)C)c12. The average Bonchev–Trinajstić information content (AvgIpc) is 3.30. The topological polar surface area (TPSA) is 59.8 Å². The van der Waals surface area contributed by atoms with E-state index in [2.05, 4.69) is 24.3 Å². The van der Waals surface area contributed by atoms with Gasteiger partial charge in [0.25, 0.3) is 5.91 Å². The third-order valence-electron chi connectivity index (χ3n) is 4.47. The van der Waals surface area contributed by atoms with Crippen molar-refractivity contribution in [3.8, 4) is 0 Å². The van der Waals surface area contributed by atoms with Gasteiger partial charge in [0.15, 0.2) is 5.65 Å². The molecule has 23 heavy (non-hydrogen) atoms. The molecule has 1 aliphatic carbocycles. The van der Waals surface area contributed by atoms with Gasteiger partial charge in [0.05, 0.1) is 16.6 Å². The van der Waals surface area contributed by atoms with Crippen molar-refractivity contribution < 1.29 is 4.79 Å². The summed E-state index contributed by atoms with van der Waals surface area (Å²) < 4.78 is 1.78. The van der Waals surface area contributed by atoms with Gasteiger partial charge in [-0.05, 0) is 44.6 Å². The van der Waals surface area contributed by atoms with E-state index in [1.165, 1.54) is 12.8 Å². The molecule has 5 nitrogen and oxygen atoms in total. The van der Waals surface area contributed by atoms with Crippen molar-refractivity contribution in [2.75, 3.05) is 6.54 Å². The fraction of sp³-hybridized carbons (Fsp3) is 0.611. The number of nitrogens with zero attached hydrogens (tertiary/aromatic N) is 3. The number of hydrogen-bond donors (Lipinski definition) is 1. The fourth-order valence-electron chi connectivity index (χ4n) is 3.04. The van der Waals surface area contributed by atoms with E-state index in [1.807, 2.05) is 20.0 Å². The Morgan fingerprint density at radius 1 is 1.43 bits per heavy atom. The summed E-state index contributed by atoms with van der Waals surface area (Å²) in [5.74, 6) is 1.18. The van der Waals surface area contributed by atoms with Crippen molar-refractivity contribution in [2.24, 2.45) is 13.0 Å². The van der Waals surface area contributed by atoms with Gasteiger partial charge in [-0.25, -0.2) is 4.98 Å². The van der Waals surface area contributed by atoms with Crippen LogP contribution >= 0.6 is 0 Å². The molecule has 5 heteroatoms. The van der Waals surface area contributed by atoms with E-state index in [1.54, 1.807) is 4.68 Å². The van der Waals surface area contributed by atoms with Gasteiger partial charge in [0.2, 0.25) is 0 Å². The minimum absolute atomic E-state index is 0.000781. The maximum atomic E-state index is 12.7. The smallest absolute Gasteiger partial charge is 0.252 e. The highest BCUT2D eigenvalue weighted by Crippen LogP contribution is 2.40. The summed E-state index contributed by atoms with van der Waals surface area (Å²) in [5.41, 5.74) is 3.45. The third-order valence-corrected chi connectivity index (χ3v) is 4.47. The quantitative estimate of drug-likeness (QED) is 0.832. The monoisotopic (exact) mass is 314 g/mol.